The van der Waals surface area contributed by atoms with Crippen molar-refractivity contribution in [1.29, 1.82) is 0 Å². The minimum Gasteiger partial charge on any atom is -0.326 e. The van der Waals surface area contributed by atoms with Crippen molar-refractivity contribution in [3.8, 4) is 5.69 Å². The molecule has 6 nitrogen and oxygen atoms in total. The van der Waals surface area contributed by atoms with Crippen molar-refractivity contribution in [3.63, 3.8) is 0 Å². The molecule has 132 valence electrons. The molecule has 3 rings (SSSR count). The average Bonchev–Trinajstić information content (AvgIpc) is 3.03. The Labute approximate surface area is 163 Å². The van der Waals surface area contributed by atoms with Crippen molar-refractivity contribution >= 4 is 50.7 Å². The van der Waals surface area contributed by atoms with Gasteiger partial charge < -0.3 is 10.6 Å². The molecule has 0 radical (unpaired) electrons. The van der Waals surface area contributed by atoms with Gasteiger partial charge in [0.1, 0.15) is 0 Å². The van der Waals surface area contributed by atoms with Crippen molar-refractivity contribution in [1.82, 2.24) is 9.78 Å². The molecular formula is C18H14BrClN4O2. The van der Waals surface area contributed by atoms with Crippen LogP contribution in [0.25, 0.3) is 5.69 Å². The summed E-state index contributed by atoms with van der Waals surface area (Å²) in [5.74, 6) is -0.477. The van der Waals surface area contributed by atoms with Crippen LogP contribution in [0, 0.1) is 0 Å². The number of nitrogens with zero attached hydrogens (tertiary/aromatic N) is 2. The highest BCUT2D eigenvalue weighted by molar-refractivity contribution is 9.10. The van der Waals surface area contributed by atoms with Gasteiger partial charge in [0, 0.05) is 24.4 Å². The molecule has 1 aromatic heterocycles. The Hall–Kier alpha value is -2.64. The van der Waals surface area contributed by atoms with Crippen molar-refractivity contribution in [2.45, 2.75) is 6.92 Å². The average molecular weight is 434 g/mol. The maximum Gasteiger partial charge on any atom is 0.255 e. The van der Waals surface area contributed by atoms with Crippen LogP contribution >= 0.6 is 27.5 Å². The van der Waals surface area contributed by atoms with Crippen LogP contribution < -0.4 is 10.6 Å². The van der Waals surface area contributed by atoms with E-state index < -0.39 is 0 Å². The fourth-order valence-electron chi connectivity index (χ4n) is 2.30. The fraction of sp³-hybridized carbons (Fsp3) is 0.0556. The van der Waals surface area contributed by atoms with Gasteiger partial charge >= 0.3 is 0 Å². The summed E-state index contributed by atoms with van der Waals surface area (Å²) < 4.78 is 2.57. The van der Waals surface area contributed by atoms with Crippen LogP contribution in [0.2, 0.25) is 5.02 Å². The molecule has 2 N–H and O–H groups in total. The lowest BCUT2D eigenvalue weighted by molar-refractivity contribution is -0.114. The summed E-state index contributed by atoms with van der Waals surface area (Å²) in [6.07, 6.45) is 3.51. The highest BCUT2D eigenvalue weighted by Crippen LogP contribution is 2.26. The molecule has 0 saturated heterocycles. The van der Waals surface area contributed by atoms with Gasteiger partial charge in [-0.3, -0.25) is 9.59 Å². The zero-order valence-electron chi connectivity index (χ0n) is 13.7. The van der Waals surface area contributed by atoms with Gasteiger partial charge in [-0.15, -0.1) is 0 Å². The predicted octanol–water partition coefficient (Wildman–Crippen LogP) is 4.50. The number of aromatic nitrogens is 2. The third-order valence-corrected chi connectivity index (χ3v) is 4.20. The van der Waals surface area contributed by atoms with E-state index in [1.807, 2.05) is 6.20 Å². The Morgan fingerprint density at radius 1 is 1.12 bits per heavy atom. The van der Waals surface area contributed by atoms with E-state index in [9.17, 15) is 9.59 Å². The van der Waals surface area contributed by atoms with Gasteiger partial charge in [0.15, 0.2) is 0 Å². The van der Waals surface area contributed by atoms with Gasteiger partial charge in [0.05, 0.1) is 27.1 Å². The van der Waals surface area contributed by atoms with Crippen LogP contribution in [-0.2, 0) is 4.79 Å². The first-order valence-electron chi connectivity index (χ1n) is 7.61. The van der Waals surface area contributed by atoms with E-state index in [-0.39, 0.29) is 11.8 Å². The van der Waals surface area contributed by atoms with Gasteiger partial charge in [0.2, 0.25) is 5.91 Å². The van der Waals surface area contributed by atoms with E-state index in [0.717, 1.165) is 10.2 Å². The lowest BCUT2D eigenvalue weighted by Crippen LogP contribution is -2.12. The smallest absolute Gasteiger partial charge is 0.255 e. The Morgan fingerprint density at radius 2 is 1.85 bits per heavy atom. The molecule has 0 aliphatic carbocycles. The van der Waals surface area contributed by atoms with E-state index in [1.165, 1.54) is 6.92 Å². The zero-order chi connectivity index (χ0) is 18.7. The summed E-state index contributed by atoms with van der Waals surface area (Å²) in [7, 11) is 0. The molecule has 0 spiro atoms. The number of hydrogen-bond donors (Lipinski definition) is 2. The summed E-state index contributed by atoms with van der Waals surface area (Å²) in [6, 6.07) is 11.9. The van der Waals surface area contributed by atoms with E-state index in [1.54, 1.807) is 53.3 Å². The molecule has 0 unspecified atom stereocenters. The Balaban J connectivity index is 1.72. The Morgan fingerprint density at radius 3 is 2.42 bits per heavy atom. The molecule has 0 atom stereocenters. The summed E-state index contributed by atoms with van der Waals surface area (Å²) in [4.78, 5) is 23.5. The van der Waals surface area contributed by atoms with Crippen LogP contribution in [-0.4, -0.2) is 21.6 Å². The second-order valence-electron chi connectivity index (χ2n) is 5.48. The molecule has 26 heavy (non-hydrogen) atoms. The van der Waals surface area contributed by atoms with Crippen molar-refractivity contribution in [3.05, 3.63) is 69.9 Å². The first kappa shape index (κ1) is 18.2. The zero-order valence-corrected chi connectivity index (χ0v) is 16.0. The lowest BCUT2D eigenvalue weighted by Gasteiger charge is -2.10. The normalized spacial score (nSPS) is 10.4. The van der Waals surface area contributed by atoms with Crippen LogP contribution in [0.5, 0.6) is 0 Å². The topological polar surface area (TPSA) is 76.0 Å². The Kier molecular flexibility index (Phi) is 5.39. The summed E-state index contributed by atoms with van der Waals surface area (Å²) >= 11 is 9.52. The summed E-state index contributed by atoms with van der Waals surface area (Å²) in [5.41, 5.74) is 2.35. The molecule has 0 fully saturated rings. The van der Waals surface area contributed by atoms with Gasteiger partial charge in [-0.05, 0) is 58.4 Å². The van der Waals surface area contributed by atoms with Gasteiger partial charge in [-0.25, -0.2) is 4.68 Å². The number of carbonyl (C=O) groups is 2. The molecule has 0 saturated carbocycles. The standard InChI is InChI=1S/C18H14BrClN4O2/c1-11(25)22-14-4-7-17(16(20)8-14)23-18(26)12-2-5-15(6-3-12)24-10-13(19)9-21-24/h2-10H,1H3,(H,22,25)(H,23,26). The van der Waals surface area contributed by atoms with Gasteiger partial charge in [0.25, 0.3) is 5.91 Å². The highest BCUT2D eigenvalue weighted by atomic mass is 79.9. The summed E-state index contributed by atoms with van der Waals surface area (Å²) in [5, 5.41) is 9.92. The number of nitrogens with one attached hydrogen (secondary N) is 2. The number of benzene rings is 2. The van der Waals surface area contributed by atoms with Crippen molar-refractivity contribution < 1.29 is 9.59 Å². The molecule has 3 aromatic rings. The number of amides is 2. The first-order chi connectivity index (χ1) is 12.4. The molecule has 1 heterocycles. The number of rotatable bonds is 4. The lowest BCUT2D eigenvalue weighted by atomic mass is 10.2. The molecule has 0 bridgehead atoms. The van der Waals surface area contributed by atoms with Crippen LogP contribution in [0.1, 0.15) is 17.3 Å². The minimum absolute atomic E-state index is 0.192. The van der Waals surface area contributed by atoms with Crippen LogP contribution in [0.4, 0.5) is 11.4 Å². The first-order valence-corrected chi connectivity index (χ1v) is 8.78. The monoisotopic (exact) mass is 432 g/mol. The third kappa shape index (κ3) is 4.30. The predicted molar refractivity (Wildman–Crippen MR) is 105 cm³/mol. The molecule has 0 aliphatic rings. The third-order valence-electron chi connectivity index (χ3n) is 3.48. The number of hydrogen-bond acceptors (Lipinski definition) is 3. The maximum atomic E-state index is 12.4. The maximum absolute atomic E-state index is 12.4. The second kappa shape index (κ2) is 7.72. The number of carbonyl (C=O) groups excluding carboxylic acids is 2. The van der Waals surface area contributed by atoms with E-state index >= 15 is 0 Å². The van der Waals surface area contributed by atoms with E-state index in [2.05, 4.69) is 31.7 Å². The highest BCUT2D eigenvalue weighted by Gasteiger charge is 2.10. The SMILES string of the molecule is CC(=O)Nc1ccc(NC(=O)c2ccc(-n3cc(Br)cn3)cc2)c(Cl)c1. The second-order valence-corrected chi connectivity index (χ2v) is 6.80. The van der Waals surface area contributed by atoms with Crippen LogP contribution in [0.15, 0.2) is 59.3 Å². The minimum atomic E-state index is -0.285. The fourth-order valence-corrected chi connectivity index (χ4v) is 2.81. The van der Waals surface area contributed by atoms with Gasteiger partial charge in [-0.2, -0.15) is 5.10 Å². The largest absolute Gasteiger partial charge is 0.326 e. The van der Waals surface area contributed by atoms with Crippen molar-refractivity contribution in [2.24, 2.45) is 0 Å². The molecule has 8 heteroatoms. The molecule has 2 aromatic carbocycles. The quantitative estimate of drug-likeness (QED) is 0.636. The molecule has 2 amide bonds. The molecule has 0 aliphatic heterocycles. The van der Waals surface area contributed by atoms with E-state index in [0.29, 0.717) is 22.0 Å². The summed E-state index contributed by atoms with van der Waals surface area (Å²) in [6.45, 7) is 1.41. The van der Waals surface area contributed by atoms with Crippen LogP contribution in [0.3, 0.4) is 0 Å². The van der Waals surface area contributed by atoms with E-state index in [4.69, 9.17) is 11.6 Å². The number of halogens is 2. The Bertz CT molecular complexity index is 970. The number of anilines is 2. The van der Waals surface area contributed by atoms with Gasteiger partial charge in [-0.1, -0.05) is 11.6 Å². The van der Waals surface area contributed by atoms with Crippen molar-refractivity contribution in [2.75, 3.05) is 10.6 Å². The molecular weight excluding hydrogens is 420 g/mol.